The third-order valence-corrected chi connectivity index (χ3v) is 7.25. The molecule has 2 unspecified atom stereocenters. The van der Waals surface area contributed by atoms with Gasteiger partial charge < -0.3 is 4.74 Å². The Kier molecular flexibility index (Phi) is 7.63. The molecule has 0 radical (unpaired) electrons. The van der Waals surface area contributed by atoms with Crippen molar-refractivity contribution in [2.45, 2.75) is 55.9 Å². The number of benzene rings is 1. The average molecular weight is 363 g/mol. The van der Waals surface area contributed by atoms with Crippen LogP contribution < -0.4 is 0 Å². The maximum absolute atomic E-state index is 11.0. The van der Waals surface area contributed by atoms with Gasteiger partial charge in [-0.1, -0.05) is 62.7 Å². The molecule has 2 nitrogen and oxygen atoms in total. The smallest absolute Gasteiger partial charge is 0.330 e. The molecule has 1 saturated carbocycles. The summed E-state index contributed by atoms with van der Waals surface area (Å²) >= 11 is 1.54. The van der Waals surface area contributed by atoms with Gasteiger partial charge in [-0.25, -0.2) is 4.79 Å². The standard InChI is InChI=1S/C20H30O2SSi/c1-4-20(21)22-13-23-19-11-9-17(10-12-19)14(2)16-5-7-18(8-6-16)15(3)24/h4,9-12,14-16,18H,1,5-8,13H2,2-3,24H3. The van der Waals surface area contributed by atoms with Crippen LogP contribution in [-0.4, -0.2) is 22.2 Å². The van der Waals surface area contributed by atoms with E-state index in [1.807, 2.05) is 0 Å². The number of esters is 1. The van der Waals surface area contributed by atoms with Crippen molar-refractivity contribution in [2.24, 2.45) is 11.8 Å². The summed E-state index contributed by atoms with van der Waals surface area (Å²) in [6.07, 6.45) is 6.80. The highest BCUT2D eigenvalue weighted by molar-refractivity contribution is 7.99. The van der Waals surface area contributed by atoms with E-state index < -0.39 is 0 Å². The van der Waals surface area contributed by atoms with Gasteiger partial charge >= 0.3 is 5.97 Å². The molecule has 0 N–H and O–H groups in total. The van der Waals surface area contributed by atoms with E-state index in [-0.39, 0.29) is 5.97 Å². The first-order valence-corrected chi connectivity index (χ1v) is 11.2. The summed E-state index contributed by atoms with van der Waals surface area (Å²) in [5, 5.41) is 0. The van der Waals surface area contributed by atoms with Crippen LogP contribution in [0.2, 0.25) is 5.54 Å². The molecule has 1 aliphatic rings. The van der Waals surface area contributed by atoms with Crippen molar-refractivity contribution in [3.05, 3.63) is 42.5 Å². The summed E-state index contributed by atoms with van der Waals surface area (Å²) < 4.78 is 5.01. The van der Waals surface area contributed by atoms with E-state index in [4.69, 9.17) is 4.74 Å². The molecular weight excluding hydrogens is 332 g/mol. The summed E-state index contributed by atoms with van der Waals surface area (Å²) in [4.78, 5) is 12.2. The van der Waals surface area contributed by atoms with Gasteiger partial charge in [0.25, 0.3) is 0 Å². The van der Waals surface area contributed by atoms with Gasteiger partial charge in [0.2, 0.25) is 0 Å². The molecular formula is C20H30O2SSi. The van der Waals surface area contributed by atoms with Crippen molar-refractivity contribution in [2.75, 3.05) is 5.94 Å². The lowest BCUT2D eigenvalue weighted by molar-refractivity contribution is -0.135. The molecule has 24 heavy (non-hydrogen) atoms. The van der Waals surface area contributed by atoms with E-state index in [0.717, 1.165) is 22.3 Å². The lowest BCUT2D eigenvalue weighted by Gasteiger charge is -2.34. The van der Waals surface area contributed by atoms with Gasteiger partial charge in [-0.3, -0.25) is 0 Å². The number of thioether (sulfide) groups is 1. The number of ether oxygens (including phenoxy) is 1. The third-order valence-electron chi connectivity index (χ3n) is 5.47. The molecule has 0 bridgehead atoms. The highest BCUT2D eigenvalue weighted by atomic mass is 32.2. The summed E-state index contributed by atoms with van der Waals surface area (Å²) in [5.41, 5.74) is 2.40. The Morgan fingerprint density at radius 1 is 1.25 bits per heavy atom. The van der Waals surface area contributed by atoms with Crippen LogP contribution in [0.15, 0.2) is 41.8 Å². The van der Waals surface area contributed by atoms with Gasteiger partial charge in [0.15, 0.2) is 0 Å². The monoisotopic (exact) mass is 362 g/mol. The fourth-order valence-electron chi connectivity index (χ4n) is 3.67. The Bertz CT molecular complexity index is 533. The Balaban J connectivity index is 1.84. The van der Waals surface area contributed by atoms with Crippen molar-refractivity contribution >= 4 is 28.0 Å². The molecule has 2 rings (SSSR count). The Hall–Kier alpha value is -1.00. The highest BCUT2D eigenvalue weighted by Gasteiger charge is 2.27. The van der Waals surface area contributed by atoms with E-state index in [9.17, 15) is 4.79 Å². The van der Waals surface area contributed by atoms with Crippen molar-refractivity contribution < 1.29 is 9.53 Å². The molecule has 1 fully saturated rings. The first kappa shape index (κ1) is 19.3. The molecule has 0 amide bonds. The highest BCUT2D eigenvalue weighted by Crippen LogP contribution is 2.41. The minimum Gasteiger partial charge on any atom is -0.451 e. The van der Waals surface area contributed by atoms with Gasteiger partial charge in [0.05, 0.1) is 0 Å². The molecule has 0 spiro atoms. The molecule has 0 aliphatic heterocycles. The summed E-state index contributed by atoms with van der Waals surface area (Å²) in [5.74, 6) is 2.41. The molecule has 1 aliphatic carbocycles. The SMILES string of the molecule is C=CC(=O)OCSc1ccc(C(C)C2CCC(C(C)[SiH3])CC2)cc1. The minimum atomic E-state index is -0.368. The molecule has 0 aromatic heterocycles. The van der Waals surface area contributed by atoms with Crippen LogP contribution in [-0.2, 0) is 9.53 Å². The van der Waals surface area contributed by atoms with Gasteiger partial charge in [-0.05, 0) is 48.3 Å². The predicted molar refractivity (Wildman–Crippen MR) is 107 cm³/mol. The zero-order chi connectivity index (χ0) is 17.5. The Morgan fingerprint density at radius 3 is 2.38 bits per heavy atom. The van der Waals surface area contributed by atoms with E-state index in [1.54, 1.807) is 0 Å². The zero-order valence-electron chi connectivity index (χ0n) is 15.2. The number of carbonyl (C=O) groups is 1. The Labute approximate surface area is 153 Å². The van der Waals surface area contributed by atoms with E-state index in [1.165, 1.54) is 59.3 Å². The normalized spacial score (nSPS) is 23.4. The van der Waals surface area contributed by atoms with Crippen LogP contribution >= 0.6 is 11.8 Å². The van der Waals surface area contributed by atoms with E-state index in [0.29, 0.717) is 11.9 Å². The minimum absolute atomic E-state index is 0.336. The van der Waals surface area contributed by atoms with Crippen LogP contribution in [0.5, 0.6) is 0 Å². The third kappa shape index (κ3) is 5.52. The predicted octanol–water partition coefficient (Wildman–Crippen LogP) is 4.55. The summed E-state index contributed by atoms with van der Waals surface area (Å²) in [6.45, 7) is 8.19. The van der Waals surface area contributed by atoms with Crippen molar-refractivity contribution in [3.63, 3.8) is 0 Å². The number of hydrogen-bond donors (Lipinski definition) is 0. The van der Waals surface area contributed by atoms with Crippen LogP contribution in [0.25, 0.3) is 0 Å². The van der Waals surface area contributed by atoms with Gasteiger partial charge in [0, 0.05) is 21.2 Å². The number of rotatable bonds is 7. The largest absolute Gasteiger partial charge is 0.451 e. The van der Waals surface area contributed by atoms with E-state index >= 15 is 0 Å². The molecule has 1 aromatic rings. The lowest BCUT2D eigenvalue weighted by Crippen LogP contribution is -2.21. The quantitative estimate of drug-likeness (QED) is 0.234. The van der Waals surface area contributed by atoms with Gasteiger partial charge in [0.1, 0.15) is 5.94 Å². The maximum Gasteiger partial charge on any atom is 0.330 e. The van der Waals surface area contributed by atoms with Crippen molar-refractivity contribution in [1.29, 1.82) is 0 Å². The topological polar surface area (TPSA) is 26.3 Å². The number of hydrogen-bond acceptors (Lipinski definition) is 3. The second-order valence-electron chi connectivity index (χ2n) is 7.21. The second kappa shape index (κ2) is 9.47. The molecule has 1 aromatic carbocycles. The first-order valence-electron chi connectivity index (χ1n) is 9.03. The molecule has 4 heteroatoms. The van der Waals surface area contributed by atoms with Crippen LogP contribution in [0.3, 0.4) is 0 Å². The van der Waals surface area contributed by atoms with E-state index in [2.05, 4.69) is 44.7 Å². The summed E-state index contributed by atoms with van der Waals surface area (Å²) in [6, 6.07) is 8.76. The first-order chi connectivity index (χ1) is 11.5. The van der Waals surface area contributed by atoms with Crippen LogP contribution in [0.4, 0.5) is 0 Å². The number of carbonyl (C=O) groups excluding carboxylic acids is 1. The van der Waals surface area contributed by atoms with Crippen LogP contribution in [0.1, 0.15) is 51.0 Å². The summed E-state index contributed by atoms with van der Waals surface area (Å²) in [7, 11) is 1.33. The molecule has 0 saturated heterocycles. The molecule has 2 atom stereocenters. The zero-order valence-corrected chi connectivity index (χ0v) is 18.0. The lowest BCUT2D eigenvalue weighted by atomic mass is 9.73. The van der Waals surface area contributed by atoms with Crippen molar-refractivity contribution in [3.8, 4) is 0 Å². The second-order valence-corrected chi connectivity index (χ2v) is 10.0. The average Bonchev–Trinajstić information content (AvgIpc) is 2.61. The van der Waals surface area contributed by atoms with Crippen molar-refractivity contribution in [1.82, 2.24) is 0 Å². The van der Waals surface area contributed by atoms with Gasteiger partial charge in [-0.2, -0.15) is 0 Å². The molecule has 0 heterocycles. The Morgan fingerprint density at radius 2 is 1.83 bits per heavy atom. The molecule has 132 valence electrons. The fourth-order valence-corrected chi connectivity index (χ4v) is 4.97. The van der Waals surface area contributed by atoms with Gasteiger partial charge in [-0.15, -0.1) is 0 Å². The van der Waals surface area contributed by atoms with Crippen LogP contribution in [0, 0.1) is 11.8 Å². The maximum atomic E-state index is 11.0. The fraction of sp³-hybridized carbons (Fsp3) is 0.550.